The highest BCUT2D eigenvalue weighted by Crippen LogP contribution is 2.43. The van der Waals surface area contributed by atoms with Crippen LogP contribution in [0.5, 0.6) is 5.75 Å². The van der Waals surface area contributed by atoms with Crippen LogP contribution in [0.3, 0.4) is 0 Å². The van der Waals surface area contributed by atoms with Gasteiger partial charge in [0.1, 0.15) is 22.3 Å². The van der Waals surface area contributed by atoms with E-state index in [1.807, 2.05) is 6.92 Å². The number of aliphatic hydroxyl groups is 1. The van der Waals surface area contributed by atoms with E-state index in [-0.39, 0.29) is 16.5 Å². The number of ether oxygens (including phenoxy) is 1. The van der Waals surface area contributed by atoms with Gasteiger partial charge in [-0.25, -0.2) is 4.39 Å². The zero-order valence-corrected chi connectivity index (χ0v) is 17.5. The van der Waals surface area contributed by atoms with Crippen molar-refractivity contribution in [3.8, 4) is 5.75 Å². The molecule has 2 aromatic carbocycles. The number of amides is 1. The number of carbonyl (C=O) groups is 2. The van der Waals surface area contributed by atoms with E-state index in [1.54, 1.807) is 31.2 Å². The van der Waals surface area contributed by atoms with Crippen LogP contribution in [0.2, 0.25) is 0 Å². The van der Waals surface area contributed by atoms with E-state index in [0.29, 0.717) is 28.5 Å². The Kier molecular flexibility index (Phi) is 5.51. The van der Waals surface area contributed by atoms with Gasteiger partial charge in [-0.15, -0.1) is 10.2 Å². The molecule has 7 nitrogen and oxygen atoms in total. The van der Waals surface area contributed by atoms with Gasteiger partial charge in [0.2, 0.25) is 5.13 Å². The molecular formula is C22H18FN3O4S. The molecule has 1 atom stereocenters. The van der Waals surface area contributed by atoms with E-state index in [1.165, 1.54) is 29.2 Å². The monoisotopic (exact) mass is 439 g/mol. The minimum absolute atomic E-state index is 0.103. The predicted molar refractivity (Wildman–Crippen MR) is 113 cm³/mol. The number of anilines is 1. The fourth-order valence-electron chi connectivity index (χ4n) is 3.40. The predicted octanol–water partition coefficient (Wildman–Crippen LogP) is 4.01. The van der Waals surface area contributed by atoms with Crippen molar-refractivity contribution in [1.82, 2.24) is 10.2 Å². The molecule has 9 heteroatoms. The first-order valence-electron chi connectivity index (χ1n) is 9.50. The van der Waals surface area contributed by atoms with Crippen LogP contribution in [0.25, 0.3) is 5.76 Å². The van der Waals surface area contributed by atoms with Crippen molar-refractivity contribution in [2.45, 2.75) is 19.9 Å². The standard InChI is InChI=1S/C22H18FN3O4S/c1-3-30-16-10-6-14(7-11-16)19(27)17-18(13-4-8-15(23)9-5-13)26(21(29)20(17)28)22-25-24-12(2)31-22/h4-11,18,27H,3H2,1-2H3/t18-/m1/s1. The summed E-state index contributed by atoms with van der Waals surface area (Å²) in [5.74, 6) is -1.87. The number of aliphatic hydroxyl groups excluding tert-OH is 1. The van der Waals surface area contributed by atoms with Crippen molar-refractivity contribution in [3.05, 3.63) is 76.1 Å². The lowest BCUT2D eigenvalue weighted by Crippen LogP contribution is -2.29. The van der Waals surface area contributed by atoms with Gasteiger partial charge < -0.3 is 9.84 Å². The number of hydrogen-bond donors (Lipinski definition) is 1. The van der Waals surface area contributed by atoms with E-state index in [0.717, 1.165) is 11.3 Å². The maximum absolute atomic E-state index is 13.5. The number of aryl methyl sites for hydroxylation is 1. The topological polar surface area (TPSA) is 92.6 Å². The molecule has 2 heterocycles. The average Bonchev–Trinajstić information content (AvgIpc) is 3.30. The van der Waals surface area contributed by atoms with Crippen molar-refractivity contribution in [2.75, 3.05) is 11.5 Å². The van der Waals surface area contributed by atoms with E-state index < -0.39 is 23.5 Å². The summed E-state index contributed by atoms with van der Waals surface area (Å²) in [6, 6.07) is 11.0. The first-order chi connectivity index (χ1) is 14.9. The normalized spacial score (nSPS) is 17.9. The Bertz CT molecular complexity index is 1170. The lowest BCUT2D eigenvalue weighted by atomic mass is 9.95. The van der Waals surface area contributed by atoms with Crippen LogP contribution in [0, 0.1) is 12.7 Å². The fourth-order valence-corrected chi connectivity index (χ4v) is 4.12. The van der Waals surface area contributed by atoms with Crippen molar-refractivity contribution < 1.29 is 23.8 Å². The Morgan fingerprint density at radius 3 is 2.39 bits per heavy atom. The van der Waals surface area contributed by atoms with Gasteiger partial charge in [0.15, 0.2) is 0 Å². The van der Waals surface area contributed by atoms with Gasteiger partial charge in [-0.05, 0) is 55.8 Å². The summed E-state index contributed by atoms with van der Waals surface area (Å²) in [6.45, 7) is 4.07. The first kappa shape index (κ1) is 20.7. The largest absolute Gasteiger partial charge is 0.507 e. The van der Waals surface area contributed by atoms with Gasteiger partial charge in [-0.3, -0.25) is 14.5 Å². The maximum Gasteiger partial charge on any atom is 0.301 e. The lowest BCUT2D eigenvalue weighted by molar-refractivity contribution is -0.132. The number of benzene rings is 2. The van der Waals surface area contributed by atoms with Crippen LogP contribution >= 0.6 is 11.3 Å². The molecule has 1 aliphatic rings. The molecule has 3 aromatic rings. The molecule has 0 saturated carbocycles. The van der Waals surface area contributed by atoms with Gasteiger partial charge in [-0.1, -0.05) is 23.5 Å². The third kappa shape index (κ3) is 3.79. The zero-order valence-electron chi connectivity index (χ0n) is 16.7. The number of carbonyl (C=O) groups excluding carboxylic acids is 2. The van der Waals surface area contributed by atoms with Crippen LogP contribution < -0.4 is 9.64 Å². The molecule has 0 radical (unpaired) electrons. The van der Waals surface area contributed by atoms with Crippen LogP contribution in [0.4, 0.5) is 9.52 Å². The van der Waals surface area contributed by atoms with Crippen molar-refractivity contribution in [3.63, 3.8) is 0 Å². The molecule has 1 saturated heterocycles. The molecule has 31 heavy (non-hydrogen) atoms. The molecule has 158 valence electrons. The summed E-state index contributed by atoms with van der Waals surface area (Å²) >= 11 is 1.15. The summed E-state index contributed by atoms with van der Waals surface area (Å²) in [6.07, 6.45) is 0. The number of ketones is 1. The molecule has 1 aliphatic heterocycles. The second kappa shape index (κ2) is 8.27. The number of Topliss-reactive ketones (excluding diaryl/α,β-unsaturated/α-hetero) is 1. The minimum Gasteiger partial charge on any atom is -0.507 e. The summed E-state index contributed by atoms with van der Waals surface area (Å²) in [5, 5.41) is 19.8. The van der Waals surface area contributed by atoms with Gasteiger partial charge in [0.05, 0.1) is 18.2 Å². The number of nitrogens with zero attached hydrogens (tertiary/aromatic N) is 3. The highest BCUT2D eigenvalue weighted by molar-refractivity contribution is 7.15. The Balaban J connectivity index is 1.87. The number of rotatable bonds is 5. The van der Waals surface area contributed by atoms with Crippen LogP contribution in [0.1, 0.15) is 29.1 Å². The molecule has 4 rings (SSSR count). The SMILES string of the molecule is CCOc1ccc(C(O)=C2C(=O)C(=O)N(c3nnc(C)s3)[C@@H]2c2ccc(F)cc2)cc1. The molecule has 1 aromatic heterocycles. The van der Waals surface area contributed by atoms with Crippen LogP contribution in [-0.4, -0.2) is 33.6 Å². The molecule has 1 fully saturated rings. The summed E-state index contributed by atoms with van der Waals surface area (Å²) < 4.78 is 18.9. The van der Waals surface area contributed by atoms with E-state index in [9.17, 15) is 19.1 Å². The van der Waals surface area contributed by atoms with Gasteiger partial charge in [0.25, 0.3) is 5.78 Å². The molecular weight excluding hydrogens is 421 g/mol. The second-order valence-corrected chi connectivity index (χ2v) is 7.94. The molecule has 1 N–H and O–H groups in total. The molecule has 0 bridgehead atoms. The van der Waals surface area contributed by atoms with Crippen molar-refractivity contribution >= 4 is 33.9 Å². The number of hydrogen-bond acceptors (Lipinski definition) is 7. The molecule has 0 aliphatic carbocycles. The lowest BCUT2D eigenvalue weighted by Gasteiger charge is -2.22. The van der Waals surface area contributed by atoms with Crippen LogP contribution in [-0.2, 0) is 9.59 Å². The van der Waals surface area contributed by atoms with Gasteiger partial charge >= 0.3 is 5.91 Å². The third-order valence-corrected chi connectivity index (χ3v) is 5.63. The zero-order chi connectivity index (χ0) is 22.1. The first-order valence-corrected chi connectivity index (χ1v) is 10.3. The molecule has 1 amide bonds. The summed E-state index contributed by atoms with van der Waals surface area (Å²) in [5.41, 5.74) is 0.705. The van der Waals surface area contributed by atoms with E-state index in [4.69, 9.17) is 4.74 Å². The Morgan fingerprint density at radius 1 is 1.13 bits per heavy atom. The fraction of sp³-hybridized carbons (Fsp3) is 0.182. The second-order valence-electron chi connectivity index (χ2n) is 6.78. The Morgan fingerprint density at radius 2 is 1.81 bits per heavy atom. The van der Waals surface area contributed by atoms with Crippen molar-refractivity contribution in [1.29, 1.82) is 0 Å². The summed E-state index contributed by atoms with van der Waals surface area (Å²) in [7, 11) is 0. The van der Waals surface area contributed by atoms with Gasteiger partial charge in [0, 0.05) is 5.56 Å². The van der Waals surface area contributed by atoms with E-state index >= 15 is 0 Å². The highest BCUT2D eigenvalue weighted by atomic mass is 32.1. The average molecular weight is 439 g/mol. The Hall–Kier alpha value is -3.59. The third-order valence-electron chi connectivity index (χ3n) is 4.79. The molecule has 0 unspecified atom stereocenters. The Labute approximate surface area is 181 Å². The smallest absolute Gasteiger partial charge is 0.301 e. The van der Waals surface area contributed by atoms with Crippen LogP contribution in [0.15, 0.2) is 54.1 Å². The van der Waals surface area contributed by atoms with Crippen molar-refractivity contribution in [2.24, 2.45) is 0 Å². The number of aromatic nitrogens is 2. The quantitative estimate of drug-likeness (QED) is 0.367. The van der Waals surface area contributed by atoms with E-state index in [2.05, 4.69) is 10.2 Å². The maximum atomic E-state index is 13.5. The minimum atomic E-state index is -0.973. The number of halogens is 1. The molecule has 0 spiro atoms. The highest BCUT2D eigenvalue weighted by Gasteiger charge is 2.48. The summed E-state index contributed by atoms with van der Waals surface area (Å²) in [4.78, 5) is 27.1. The van der Waals surface area contributed by atoms with Gasteiger partial charge in [-0.2, -0.15) is 0 Å².